The van der Waals surface area contributed by atoms with Crippen molar-refractivity contribution in [1.29, 1.82) is 0 Å². The highest BCUT2D eigenvalue weighted by Crippen LogP contribution is 2.23. The lowest BCUT2D eigenvalue weighted by Gasteiger charge is -2.16. The predicted molar refractivity (Wildman–Crippen MR) is 142 cm³/mol. The van der Waals surface area contributed by atoms with Gasteiger partial charge in [-0.05, 0) is 82.9 Å². The first-order valence-corrected chi connectivity index (χ1v) is 12.3. The Hall–Kier alpha value is -2.25. The number of hydrogen-bond donors (Lipinski definition) is 3. The summed E-state index contributed by atoms with van der Waals surface area (Å²) in [6.07, 6.45) is 3.35. The highest BCUT2D eigenvalue weighted by molar-refractivity contribution is 5.90. The van der Waals surface area contributed by atoms with Crippen molar-refractivity contribution in [2.45, 2.75) is 32.4 Å². The Morgan fingerprint density at radius 2 is 1.55 bits per heavy atom. The van der Waals surface area contributed by atoms with Gasteiger partial charge in [-0.3, -0.25) is 0 Å². The summed E-state index contributed by atoms with van der Waals surface area (Å²) in [4.78, 5) is 4.55. The standard InChI is InChI=1S/C27H43N6/c1-29-21-22-8-9-23-19-24-10-11-25(31(2)3)20-27(24)33(26(23)18-22)17-7-14-30-13-6-16-32(4)15-5-12-28/h8-11,18-20,29-30H,5-7,12-17,21,28H2,1-4H3/q+1. The number of hydrogen-bond acceptors (Lipinski definition) is 5. The summed E-state index contributed by atoms with van der Waals surface area (Å²) >= 11 is 0. The number of aromatic nitrogens is 1. The van der Waals surface area contributed by atoms with Crippen LogP contribution in [0.25, 0.3) is 21.8 Å². The maximum Gasteiger partial charge on any atom is 0.215 e. The summed E-state index contributed by atoms with van der Waals surface area (Å²) < 4.78 is 2.51. The molecule has 0 saturated heterocycles. The van der Waals surface area contributed by atoms with E-state index in [1.54, 1.807) is 0 Å². The van der Waals surface area contributed by atoms with Crippen LogP contribution in [0.15, 0.2) is 42.5 Å². The zero-order valence-corrected chi connectivity index (χ0v) is 21.0. The molecule has 3 rings (SSSR count). The van der Waals surface area contributed by atoms with E-state index >= 15 is 0 Å². The molecule has 0 radical (unpaired) electrons. The molecule has 3 aromatic rings. The second-order valence-electron chi connectivity index (χ2n) is 9.26. The van der Waals surface area contributed by atoms with Gasteiger partial charge in [0.25, 0.3) is 0 Å². The minimum atomic E-state index is 0.773. The van der Waals surface area contributed by atoms with Crippen molar-refractivity contribution in [3.63, 3.8) is 0 Å². The summed E-state index contributed by atoms with van der Waals surface area (Å²) in [6, 6.07) is 15.9. The average Bonchev–Trinajstić information content (AvgIpc) is 2.81. The molecule has 6 heteroatoms. The average molecular weight is 452 g/mol. The molecule has 6 nitrogen and oxygen atoms in total. The number of rotatable bonds is 14. The summed E-state index contributed by atoms with van der Waals surface area (Å²) in [5, 5.41) is 9.52. The molecule has 1 heterocycles. The zero-order valence-electron chi connectivity index (χ0n) is 21.0. The number of aryl methyl sites for hydroxylation is 1. The van der Waals surface area contributed by atoms with Crippen molar-refractivity contribution in [1.82, 2.24) is 15.5 Å². The third kappa shape index (κ3) is 7.11. The fourth-order valence-corrected chi connectivity index (χ4v) is 4.40. The lowest BCUT2D eigenvalue weighted by atomic mass is 10.1. The summed E-state index contributed by atoms with van der Waals surface area (Å²) in [5.74, 6) is 0. The van der Waals surface area contributed by atoms with Crippen LogP contribution in [-0.4, -0.2) is 65.8 Å². The van der Waals surface area contributed by atoms with Crippen LogP contribution in [0.5, 0.6) is 0 Å². The summed E-state index contributed by atoms with van der Waals surface area (Å²) in [7, 11) is 8.40. The zero-order chi connectivity index (χ0) is 23.6. The highest BCUT2D eigenvalue weighted by atomic mass is 15.1. The van der Waals surface area contributed by atoms with Crippen LogP contribution in [0.4, 0.5) is 5.69 Å². The molecule has 0 aliphatic heterocycles. The van der Waals surface area contributed by atoms with Crippen molar-refractivity contribution in [3.8, 4) is 0 Å². The molecule has 0 fully saturated rings. The maximum atomic E-state index is 5.60. The van der Waals surface area contributed by atoms with Gasteiger partial charge in [0, 0.05) is 62.2 Å². The number of benzene rings is 2. The molecule has 180 valence electrons. The van der Waals surface area contributed by atoms with E-state index in [-0.39, 0.29) is 0 Å². The van der Waals surface area contributed by atoms with Crippen molar-refractivity contribution in [3.05, 3.63) is 48.0 Å². The van der Waals surface area contributed by atoms with Gasteiger partial charge in [-0.2, -0.15) is 4.57 Å². The molecular formula is C27H43N6+. The van der Waals surface area contributed by atoms with Crippen LogP contribution < -0.4 is 25.8 Å². The largest absolute Gasteiger partial charge is 0.377 e. The van der Waals surface area contributed by atoms with Gasteiger partial charge in [0.05, 0.1) is 0 Å². The van der Waals surface area contributed by atoms with Gasteiger partial charge in [-0.15, -0.1) is 0 Å². The van der Waals surface area contributed by atoms with Crippen LogP contribution in [0, 0.1) is 0 Å². The Labute approximate surface area is 199 Å². The quantitative estimate of drug-likeness (QED) is 0.200. The second-order valence-corrected chi connectivity index (χ2v) is 9.26. The van der Waals surface area contributed by atoms with E-state index in [2.05, 4.69) is 88.6 Å². The van der Waals surface area contributed by atoms with Crippen molar-refractivity contribution >= 4 is 27.5 Å². The van der Waals surface area contributed by atoms with Gasteiger partial charge in [0.15, 0.2) is 6.54 Å². The highest BCUT2D eigenvalue weighted by Gasteiger charge is 2.17. The van der Waals surface area contributed by atoms with Crippen molar-refractivity contribution in [2.75, 3.05) is 65.8 Å². The normalized spacial score (nSPS) is 11.7. The van der Waals surface area contributed by atoms with Gasteiger partial charge < -0.3 is 26.2 Å². The van der Waals surface area contributed by atoms with E-state index in [0.29, 0.717) is 0 Å². The van der Waals surface area contributed by atoms with E-state index in [1.165, 1.54) is 39.5 Å². The molecule has 0 aliphatic carbocycles. The lowest BCUT2D eigenvalue weighted by molar-refractivity contribution is -0.645. The van der Waals surface area contributed by atoms with Crippen LogP contribution in [0.2, 0.25) is 0 Å². The van der Waals surface area contributed by atoms with Crippen molar-refractivity contribution < 1.29 is 4.57 Å². The first kappa shape index (κ1) is 25.4. The smallest absolute Gasteiger partial charge is 0.215 e. The van der Waals surface area contributed by atoms with E-state index < -0.39 is 0 Å². The first-order valence-electron chi connectivity index (χ1n) is 12.3. The van der Waals surface area contributed by atoms with Crippen molar-refractivity contribution in [2.24, 2.45) is 5.73 Å². The Morgan fingerprint density at radius 3 is 2.27 bits per heavy atom. The second kappa shape index (κ2) is 12.8. The molecule has 0 unspecified atom stereocenters. The molecule has 0 amide bonds. The topological polar surface area (TPSA) is 60.4 Å². The van der Waals surface area contributed by atoms with E-state index in [9.17, 15) is 0 Å². The number of pyridine rings is 1. The Kier molecular flexibility index (Phi) is 9.88. The molecule has 0 saturated carbocycles. The molecule has 33 heavy (non-hydrogen) atoms. The fraction of sp³-hybridized carbons (Fsp3) is 0.519. The van der Waals surface area contributed by atoms with Gasteiger partial charge in [0.2, 0.25) is 11.0 Å². The van der Waals surface area contributed by atoms with Gasteiger partial charge in [-0.25, -0.2) is 0 Å². The minimum absolute atomic E-state index is 0.773. The SMILES string of the molecule is CNCc1ccc2cc3ccc(N(C)C)cc3[n+](CCCNCCCN(C)CCCN)c2c1. The minimum Gasteiger partial charge on any atom is -0.377 e. The number of fused-ring (bicyclic) bond motifs is 2. The third-order valence-corrected chi connectivity index (χ3v) is 6.27. The molecule has 4 N–H and O–H groups in total. The van der Waals surface area contributed by atoms with Gasteiger partial charge >= 0.3 is 0 Å². The third-order valence-electron chi connectivity index (χ3n) is 6.27. The number of anilines is 1. The Balaban J connectivity index is 1.71. The molecule has 0 aliphatic rings. The maximum absolute atomic E-state index is 5.60. The molecular weight excluding hydrogens is 408 g/mol. The Morgan fingerprint density at radius 1 is 0.848 bits per heavy atom. The molecule has 0 spiro atoms. The molecule has 1 aromatic heterocycles. The Bertz CT molecular complexity index is 1020. The lowest BCUT2D eigenvalue weighted by Crippen LogP contribution is -2.37. The summed E-state index contributed by atoms with van der Waals surface area (Å²) in [5.41, 5.74) is 10.8. The van der Waals surface area contributed by atoms with Crippen LogP contribution >= 0.6 is 0 Å². The van der Waals surface area contributed by atoms with E-state index in [1.807, 2.05) is 7.05 Å². The summed E-state index contributed by atoms with van der Waals surface area (Å²) in [6.45, 7) is 6.95. The van der Waals surface area contributed by atoms with Crippen LogP contribution in [0.1, 0.15) is 24.8 Å². The fourth-order valence-electron chi connectivity index (χ4n) is 4.40. The number of nitrogens with one attached hydrogen (secondary N) is 2. The molecule has 2 aromatic carbocycles. The van der Waals surface area contributed by atoms with E-state index in [4.69, 9.17) is 5.73 Å². The van der Waals surface area contributed by atoms with Crippen LogP contribution in [-0.2, 0) is 13.1 Å². The number of nitrogens with zero attached hydrogens (tertiary/aromatic N) is 3. The van der Waals surface area contributed by atoms with E-state index in [0.717, 1.165) is 58.7 Å². The molecule has 0 bridgehead atoms. The van der Waals surface area contributed by atoms with Gasteiger partial charge in [0.1, 0.15) is 0 Å². The van der Waals surface area contributed by atoms with Crippen LogP contribution in [0.3, 0.4) is 0 Å². The number of nitrogens with two attached hydrogens (primary N) is 1. The first-order chi connectivity index (χ1) is 16.0. The monoisotopic (exact) mass is 451 g/mol. The predicted octanol–water partition coefficient (Wildman–Crippen LogP) is 2.72. The van der Waals surface area contributed by atoms with Gasteiger partial charge in [-0.1, -0.05) is 6.07 Å². The molecule has 0 atom stereocenters.